The van der Waals surface area contributed by atoms with Crippen LogP contribution in [0.5, 0.6) is 0 Å². The second-order valence-corrected chi connectivity index (χ2v) is 9.46. The maximum Gasteiger partial charge on any atom is 0.308 e. The van der Waals surface area contributed by atoms with Crippen molar-refractivity contribution in [1.82, 2.24) is 30.3 Å². The number of ether oxygens (including phenoxy) is 1. The zero-order valence-electron chi connectivity index (χ0n) is 21.3. The molecule has 0 aliphatic rings. The van der Waals surface area contributed by atoms with Crippen LogP contribution in [0.15, 0.2) is 66.9 Å². The smallest absolute Gasteiger partial charge is 0.308 e. The van der Waals surface area contributed by atoms with Crippen LogP contribution >= 0.6 is 0 Å². The van der Waals surface area contributed by atoms with Crippen molar-refractivity contribution in [1.29, 1.82) is 0 Å². The Morgan fingerprint density at radius 2 is 1.92 bits per heavy atom. The average Bonchev–Trinajstić information content (AvgIpc) is 3.30. The first-order valence-corrected chi connectivity index (χ1v) is 12.5. The van der Waals surface area contributed by atoms with E-state index in [4.69, 9.17) is 9.72 Å². The van der Waals surface area contributed by atoms with E-state index in [-0.39, 0.29) is 11.9 Å². The number of nitrogens with zero attached hydrogens (tertiary/aromatic N) is 5. The van der Waals surface area contributed by atoms with E-state index in [9.17, 15) is 4.79 Å². The lowest BCUT2D eigenvalue weighted by Gasteiger charge is -2.11. The molecular weight excluding hydrogens is 464 g/mol. The summed E-state index contributed by atoms with van der Waals surface area (Å²) in [6, 6.07) is 20.5. The van der Waals surface area contributed by atoms with Crippen LogP contribution in [0, 0.1) is 12.8 Å². The molecule has 5 aromatic rings. The summed E-state index contributed by atoms with van der Waals surface area (Å²) in [6.07, 6.45) is 1.80. The molecule has 1 N–H and O–H groups in total. The molecule has 3 heterocycles. The van der Waals surface area contributed by atoms with Crippen molar-refractivity contribution in [3.05, 3.63) is 83.6 Å². The summed E-state index contributed by atoms with van der Waals surface area (Å²) in [4.78, 5) is 20.9. The highest BCUT2D eigenvalue weighted by Gasteiger charge is 2.11. The number of pyridine rings is 2. The Morgan fingerprint density at radius 1 is 1.05 bits per heavy atom. The normalized spacial score (nSPS) is 11.5. The molecule has 37 heavy (non-hydrogen) atoms. The summed E-state index contributed by atoms with van der Waals surface area (Å²) < 4.78 is 7.06. The maximum absolute atomic E-state index is 11.6. The number of hydrogen-bond donors (Lipinski definition) is 1. The summed E-state index contributed by atoms with van der Waals surface area (Å²) in [5, 5.41) is 13.1. The molecule has 0 saturated heterocycles. The van der Waals surface area contributed by atoms with E-state index >= 15 is 0 Å². The van der Waals surface area contributed by atoms with E-state index < -0.39 is 0 Å². The number of carbonyl (C=O) groups is 1. The second-order valence-electron chi connectivity index (χ2n) is 9.46. The van der Waals surface area contributed by atoms with Crippen molar-refractivity contribution >= 4 is 28.0 Å². The van der Waals surface area contributed by atoms with Gasteiger partial charge in [-0.1, -0.05) is 43.3 Å². The molecule has 0 atom stereocenters. The molecule has 188 valence electrons. The Bertz CT molecular complexity index is 1560. The molecule has 5 rings (SSSR count). The molecule has 0 radical (unpaired) electrons. The van der Waals surface area contributed by atoms with Gasteiger partial charge in [0.1, 0.15) is 12.1 Å². The second kappa shape index (κ2) is 10.8. The Morgan fingerprint density at radius 3 is 2.76 bits per heavy atom. The number of nitrogens with one attached hydrogen (secondary N) is 1. The lowest BCUT2D eigenvalue weighted by atomic mass is 10.0. The van der Waals surface area contributed by atoms with Crippen LogP contribution in [-0.4, -0.2) is 44.1 Å². The minimum Gasteiger partial charge on any atom is -0.464 e. The van der Waals surface area contributed by atoms with Crippen molar-refractivity contribution in [3.8, 4) is 11.3 Å². The minimum absolute atomic E-state index is 0.103. The van der Waals surface area contributed by atoms with Gasteiger partial charge >= 0.3 is 5.97 Å². The van der Waals surface area contributed by atoms with E-state index in [1.54, 1.807) is 6.20 Å². The van der Waals surface area contributed by atoms with Gasteiger partial charge in [0, 0.05) is 30.2 Å². The molecule has 8 nitrogen and oxygen atoms in total. The van der Waals surface area contributed by atoms with E-state index in [1.165, 1.54) is 11.1 Å². The van der Waals surface area contributed by atoms with E-state index in [0.29, 0.717) is 26.2 Å². The quantitative estimate of drug-likeness (QED) is 0.235. The van der Waals surface area contributed by atoms with Gasteiger partial charge in [0.2, 0.25) is 0 Å². The van der Waals surface area contributed by atoms with E-state index in [0.717, 1.165) is 38.9 Å². The maximum atomic E-state index is 11.6. The highest BCUT2D eigenvalue weighted by Crippen LogP contribution is 2.23. The SMILES string of the molecule is Cc1cc(-c2ccc3nnn(Cc4ccc5ncccc5c4)c3n2)ccc1CNCCOC(=O)C(C)C. The summed E-state index contributed by atoms with van der Waals surface area (Å²) in [5.41, 5.74) is 7.88. The topological polar surface area (TPSA) is 94.8 Å². The molecule has 0 aliphatic heterocycles. The standard InChI is InChI=1S/C29H30N6O2/c1-19(2)29(36)37-14-13-30-17-24-8-7-23(15-20(24)3)26-10-11-27-28(32-26)35(34-33-27)18-21-6-9-25-22(16-21)5-4-12-31-25/h4-12,15-16,19,30H,13-14,17-18H2,1-3H3. The first-order chi connectivity index (χ1) is 18.0. The fraction of sp³-hybridized carbons (Fsp3) is 0.276. The van der Waals surface area contributed by atoms with Gasteiger partial charge < -0.3 is 10.1 Å². The van der Waals surface area contributed by atoms with Gasteiger partial charge in [-0.3, -0.25) is 9.78 Å². The lowest BCUT2D eigenvalue weighted by molar-refractivity contribution is -0.147. The van der Waals surface area contributed by atoms with Crippen LogP contribution < -0.4 is 5.32 Å². The third-order valence-corrected chi connectivity index (χ3v) is 6.31. The number of aryl methyl sites for hydroxylation is 1. The fourth-order valence-electron chi connectivity index (χ4n) is 4.18. The molecule has 0 saturated carbocycles. The van der Waals surface area contributed by atoms with Crippen molar-refractivity contribution < 1.29 is 9.53 Å². The zero-order valence-corrected chi connectivity index (χ0v) is 21.3. The largest absolute Gasteiger partial charge is 0.464 e. The highest BCUT2D eigenvalue weighted by atomic mass is 16.5. The van der Waals surface area contributed by atoms with Crippen LogP contribution in [0.2, 0.25) is 0 Å². The molecule has 8 heteroatoms. The zero-order chi connectivity index (χ0) is 25.8. The molecule has 0 aliphatic carbocycles. The summed E-state index contributed by atoms with van der Waals surface area (Å²) >= 11 is 0. The highest BCUT2D eigenvalue weighted by molar-refractivity contribution is 5.79. The number of carbonyl (C=O) groups excluding carboxylic acids is 1. The first kappa shape index (κ1) is 24.5. The molecule has 0 amide bonds. The summed E-state index contributed by atoms with van der Waals surface area (Å²) in [5.74, 6) is -0.272. The van der Waals surface area contributed by atoms with Gasteiger partial charge in [-0.25, -0.2) is 9.67 Å². The average molecular weight is 495 g/mol. The van der Waals surface area contributed by atoms with E-state index in [2.05, 4.69) is 63.9 Å². The van der Waals surface area contributed by atoms with Gasteiger partial charge in [0.25, 0.3) is 0 Å². The number of fused-ring (bicyclic) bond motifs is 2. The predicted octanol–water partition coefficient (Wildman–Crippen LogP) is 4.69. The number of hydrogen-bond acceptors (Lipinski definition) is 7. The molecule has 0 unspecified atom stereocenters. The first-order valence-electron chi connectivity index (χ1n) is 12.5. The third-order valence-electron chi connectivity index (χ3n) is 6.31. The van der Waals surface area contributed by atoms with Crippen molar-refractivity contribution in [3.63, 3.8) is 0 Å². The number of aromatic nitrogens is 5. The van der Waals surface area contributed by atoms with Crippen LogP contribution in [-0.2, 0) is 22.6 Å². The Balaban J connectivity index is 1.29. The van der Waals surface area contributed by atoms with Gasteiger partial charge in [0.05, 0.1) is 23.7 Å². The summed E-state index contributed by atoms with van der Waals surface area (Å²) in [6.45, 7) is 8.03. The molecule has 2 aromatic carbocycles. The Hall–Kier alpha value is -4.17. The number of benzene rings is 2. The molecule has 3 aromatic heterocycles. The Kier molecular flexibility index (Phi) is 7.18. The van der Waals surface area contributed by atoms with Gasteiger partial charge in [-0.05, 0) is 60.0 Å². The predicted molar refractivity (Wildman–Crippen MR) is 144 cm³/mol. The van der Waals surface area contributed by atoms with E-state index in [1.807, 2.05) is 42.8 Å². The van der Waals surface area contributed by atoms with Crippen molar-refractivity contribution in [2.75, 3.05) is 13.2 Å². The lowest BCUT2D eigenvalue weighted by Crippen LogP contribution is -2.23. The minimum atomic E-state index is -0.169. The number of rotatable bonds is 9. The van der Waals surface area contributed by atoms with Crippen molar-refractivity contribution in [2.24, 2.45) is 5.92 Å². The molecule has 0 spiro atoms. The van der Waals surface area contributed by atoms with Gasteiger partial charge in [-0.2, -0.15) is 0 Å². The van der Waals surface area contributed by atoms with Crippen LogP contribution in [0.4, 0.5) is 0 Å². The van der Waals surface area contributed by atoms with Gasteiger partial charge in [-0.15, -0.1) is 5.10 Å². The van der Waals surface area contributed by atoms with Crippen LogP contribution in [0.25, 0.3) is 33.3 Å². The fourth-order valence-corrected chi connectivity index (χ4v) is 4.18. The number of esters is 1. The third kappa shape index (κ3) is 5.65. The van der Waals surface area contributed by atoms with Crippen LogP contribution in [0.3, 0.4) is 0 Å². The summed E-state index contributed by atoms with van der Waals surface area (Å²) in [7, 11) is 0. The Labute approximate surface area is 215 Å². The monoisotopic (exact) mass is 494 g/mol. The molecule has 0 fully saturated rings. The van der Waals surface area contributed by atoms with Crippen LogP contribution in [0.1, 0.15) is 30.5 Å². The molecule has 0 bridgehead atoms. The molecular formula is C29H30N6O2. The van der Waals surface area contributed by atoms with Gasteiger partial charge in [0.15, 0.2) is 5.65 Å². The van der Waals surface area contributed by atoms with Crippen molar-refractivity contribution in [2.45, 2.75) is 33.9 Å².